The number of benzene rings is 1. The SMILES string of the molecule is COc1cc2c(cc1CNC(=O)NC(C)C)CCC2. The van der Waals surface area contributed by atoms with Gasteiger partial charge in [0.2, 0.25) is 0 Å². The number of nitrogens with one attached hydrogen (secondary N) is 2. The van der Waals surface area contributed by atoms with Gasteiger partial charge in [0.15, 0.2) is 0 Å². The number of carbonyl (C=O) groups excluding carboxylic acids is 1. The van der Waals surface area contributed by atoms with Gasteiger partial charge in [-0.15, -0.1) is 0 Å². The molecule has 104 valence electrons. The molecule has 0 bridgehead atoms. The molecule has 0 heterocycles. The Bertz CT molecular complexity index is 469. The first-order valence-corrected chi connectivity index (χ1v) is 6.83. The van der Waals surface area contributed by atoms with E-state index in [9.17, 15) is 4.79 Å². The molecule has 0 aliphatic heterocycles. The van der Waals surface area contributed by atoms with Crippen molar-refractivity contribution in [3.05, 3.63) is 28.8 Å². The van der Waals surface area contributed by atoms with Crippen LogP contribution in [-0.4, -0.2) is 19.2 Å². The van der Waals surface area contributed by atoms with Gasteiger partial charge in [0, 0.05) is 18.2 Å². The summed E-state index contributed by atoms with van der Waals surface area (Å²) in [5, 5.41) is 5.68. The van der Waals surface area contributed by atoms with Crippen LogP contribution < -0.4 is 15.4 Å². The molecule has 0 saturated heterocycles. The summed E-state index contributed by atoms with van der Waals surface area (Å²) in [5.41, 5.74) is 3.82. The van der Waals surface area contributed by atoms with Crippen LogP contribution in [0.1, 0.15) is 37.0 Å². The smallest absolute Gasteiger partial charge is 0.315 e. The molecule has 0 spiro atoms. The molecule has 4 nitrogen and oxygen atoms in total. The van der Waals surface area contributed by atoms with Crippen molar-refractivity contribution < 1.29 is 9.53 Å². The van der Waals surface area contributed by atoms with Crippen LogP contribution in [0.5, 0.6) is 5.75 Å². The van der Waals surface area contributed by atoms with E-state index in [0.717, 1.165) is 24.2 Å². The molecule has 2 rings (SSSR count). The maximum absolute atomic E-state index is 11.6. The van der Waals surface area contributed by atoms with Crippen molar-refractivity contribution in [2.24, 2.45) is 0 Å². The van der Waals surface area contributed by atoms with Crippen LogP contribution in [0.15, 0.2) is 12.1 Å². The molecule has 1 aromatic carbocycles. The number of methoxy groups -OCH3 is 1. The van der Waals surface area contributed by atoms with E-state index in [0.29, 0.717) is 6.54 Å². The topological polar surface area (TPSA) is 50.4 Å². The maximum Gasteiger partial charge on any atom is 0.315 e. The predicted molar refractivity (Wildman–Crippen MR) is 75.5 cm³/mol. The molecule has 4 heteroatoms. The fourth-order valence-corrected chi connectivity index (χ4v) is 2.47. The van der Waals surface area contributed by atoms with Gasteiger partial charge in [-0.3, -0.25) is 0 Å². The van der Waals surface area contributed by atoms with Crippen LogP contribution in [0.4, 0.5) is 4.79 Å². The van der Waals surface area contributed by atoms with Crippen LogP contribution >= 0.6 is 0 Å². The fourth-order valence-electron chi connectivity index (χ4n) is 2.47. The van der Waals surface area contributed by atoms with Gasteiger partial charge in [-0.1, -0.05) is 6.07 Å². The molecule has 2 amide bonds. The number of aryl methyl sites for hydroxylation is 2. The molecule has 0 aromatic heterocycles. The molecule has 0 saturated carbocycles. The highest BCUT2D eigenvalue weighted by atomic mass is 16.5. The quantitative estimate of drug-likeness (QED) is 0.875. The summed E-state index contributed by atoms with van der Waals surface area (Å²) in [5.74, 6) is 0.866. The second-order valence-corrected chi connectivity index (χ2v) is 5.27. The minimum Gasteiger partial charge on any atom is -0.496 e. The Kier molecular flexibility index (Phi) is 4.30. The summed E-state index contributed by atoms with van der Waals surface area (Å²) >= 11 is 0. The first kappa shape index (κ1) is 13.7. The summed E-state index contributed by atoms with van der Waals surface area (Å²) < 4.78 is 5.41. The number of carbonyl (C=O) groups is 1. The summed E-state index contributed by atoms with van der Waals surface area (Å²) in [6.45, 7) is 4.38. The highest BCUT2D eigenvalue weighted by molar-refractivity contribution is 5.74. The molecule has 19 heavy (non-hydrogen) atoms. The molecule has 0 atom stereocenters. The van der Waals surface area contributed by atoms with E-state index in [1.807, 2.05) is 13.8 Å². The molecule has 2 N–H and O–H groups in total. The molecule has 0 fully saturated rings. The lowest BCUT2D eigenvalue weighted by molar-refractivity contribution is 0.238. The van der Waals surface area contributed by atoms with Crippen LogP contribution in [0.2, 0.25) is 0 Å². The zero-order valence-corrected chi connectivity index (χ0v) is 11.9. The molecule has 1 aliphatic rings. The lowest BCUT2D eigenvalue weighted by Gasteiger charge is -2.14. The molecule has 0 radical (unpaired) electrons. The highest BCUT2D eigenvalue weighted by Gasteiger charge is 2.15. The van der Waals surface area contributed by atoms with Gasteiger partial charge in [-0.2, -0.15) is 0 Å². The monoisotopic (exact) mass is 262 g/mol. The standard InChI is InChI=1S/C15H22N2O2/c1-10(2)17-15(18)16-9-13-7-11-5-4-6-12(11)8-14(13)19-3/h7-8,10H,4-6,9H2,1-3H3,(H2,16,17,18). The zero-order valence-electron chi connectivity index (χ0n) is 11.9. The Labute approximate surface area is 114 Å². The lowest BCUT2D eigenvalue weighted by Crippen LogP contribution is -2.39. The first-order valence-electron chi connectivity index (χ1n) is 6.83. The van der Waals surface area contributed by atoms with Gasteiger partial charge in [-0.05, 0) is 50.3 Å². The Hall–Kier alpha value is -1.71. The van der Waals surface area contributed by atoms with Crippen molar-refractivity contribution in [2.75, 3.05) is 7.11 Å². The third-order valence-corrected chi connectivity index (χ3v) is 3.35. The number of fused-ring (bicyclic) bond motifs is 1. The van der Waals surface area contributed by atoms with Crippen molar-refractivity contribution in [1.82, 2.24) is 10.6 Å². The lowest BCUT2D eigenvalue weighted by atomic mass is 10.1. The second kappa shape index (κ2) is 5.95. The zero-order chi connectivity index (χ0) is 13.8. The number of urea groups is 1. The van der Waals surface area contributed by atoms with E-state index >= 15 is 0 Å². The van der Waals surface area contributed by atoms with Crippen LogP contribution in [0.3, 0.4) is 0 Å². The van der Waals surface area contributed by atoms with Crippen LogP contribution in [0, 0.1) is 0 Å². The summed E-state index contributed by atoms with van der Waals surface area (Å²) in [7, 11) is 1.67. The van der Waals surface area contributed by atoms with E-state index in [1.165, 1.54) is 17.5 Å². The maximum atomic E-state index is 11.6. The van der Waals surface area contributed by atoms with E-state index in [2.05, 4.69) is 22.8 Å². The summed E-state index contributed by atoms with van der Waals surface area (Å²) in [6.07, 6.45) is 3.47. The predicted octanol–water partition coefficient (Wildman–Crippen LogP) is 2.39. The van der Waals surface area contributed by atoms with Crippen molar-refractivity contribution in [3.63, 3.8) is 0 Å². The van der Waals surface area contributed by atoms with E-state index in [1.54, 1.807) is 7.11 Å². The Morgan fingerprint density at radius 1 is 1.32 bits per heavy atom. The molecule has 0 unspecified atom stereocenters. The third kappa shape index (κ3) is 3.40. The van der Waals surface area contributed by atoms with Gasteiger partial charge < -0.3 is 15.4 Å². The van der Waals surface area contributed by atoms with E-state index in [4.69, 9.17) is 4.74 Å². The Balaban J connectivity index is 2.05. The minimum atomic E-state index is -0.141. The fraction of sp³-hybridized carbons (Fsp3) is 0.533. The number of ether oxygens (including phenoxy) is 1. The van der Waals surface area contributed by atoms with Gasteiger partial charge >= 0.3 is 6.03 Å². The largest absolute Gasteiger partial charge is 0.496 e. The van der Waals surface area contributed by atoms with Crippen LogP contribution in [-0.2, 0) is 19.4 Å². The van der Waals surface area contributed by atoms with E-state index in [-0.39, 0.29) is 12.1 Å². The van der Waals surface area contributed by atoms with Crippen LogP contribution in [0.25, 0.3) is 0 Å². The normalized spacial score (nSPS) is 13.3. The number of hydrogen-bond acceptors (Lipinski definition) is 2. The molecular weight excluding hydrogens is 240 g/mol. The summed E-state index contributed by atoms with van der Waals surface area (Å²) in [6, 6.07) is 4.27. The average molecular weight is 262 g/mol. The van der Waals surface area contributed by atoms with Crippen molar-refractivity contribution in [2.45, 2.75) is 45.7 Å². The van der Waals surface area contributed by atoms with Gasteiger partial charge in [-0.25, -0.2) is 4.79 Å². The second-order valence-electron chi connectivity index (χ2n) is 5.27. The number of amides is 2. The minimum absolute atomic E-state index is 0.141. The molecule has 1 aliphatic carbocycles. The van der Waals surface area contributed by atoms with Gasteiger partial charge in [0.1, 0.15) is 5.75 Å². The van der Waals surface area contributed by atoms with Crippen molar-refractivity contribution in [3.8, 4) is 5.75 Å². The third-order valence-electron chi connectivity index (χ3n) is 3.35. The van der Waals surface area contributed by atoms with Crippen molar-refractivity contribution >= 4 is 6.03 Å². The van der Waals surface area contributed by atoms with Crippen molar-refractivity contribution in [1.29, 1.82) is 0 Å². The Morgan fingerprint density at radius 2 is 2.00 bits per heavy atom. The number of rotatable bonds is 4. The van der Waals surface area contributed by atoms with Gasteiger partial charge in [0.05, 0.1) is 7.11 Å². The van der Waals surface area contributed by atoms with Gasteiger partial charge in [0.25, 0.3) is 0 Å². The van der Waals surface area contributed by atoms with E-state index < -0.39 is 0 Å². The summed E-state index contributed by atoms with van der Waals surface area (Å²) in [4.78, 5) is 11.6. The number of hydrogen-bond donors (Lipinski definition) is 2. The molecule has 1 aromatic rings. The average Bonchev–Trinajstić information content (AvgIpc) is 2.81. The Morgan fingerprint density at radius 3 is 2.63 bits per heavy atom. The first-order chi connectivity index (χ1) is 9.10. The molecular formula is C15H22N2O2. The highest BCUT2D eigenvalue weighted by Crippen LogP contribution is 2.29.